The first-order valence-corrected chi connectivity index (χ1v) is 29.4. The van der Waals surface area contributed by atoms with E-state index < -0.39 is 12.1 Å². The molecule has 0 saturated heterocycles. The van der Waals surface area contributed by atoms with Crippen LogP contribution < -0.4 is 5.32 Å². The maximum absolute atomic E-state index is 12.5. The molecule has 1 amide bonds. The summed E-state index contributed by atoms with van der Waals surface area (Å²) in [5.74, 6) is -0.0754. The lowest BCUT2D eigenvalue weighted by atomic mass is 10.0. The number of carbonyl (C=O) groups excluding carboxylic acids is 2. The summed E-state index contributed by atoms with van der Waals surface area (Å²) < 4.78 is 5.46. The summed E-state index contributed by atoms with van der Waals surface area (Å²) in [6.45, 7) is 4.92. The lowest BCUT2D eigenvalue weighted by Gasteiger charge is -2.22. The normalized spacial score (nSPS) is 12.6. The standard InChI is InChI=1S/C59H115NO5/c1-3-5-7-9-11-13-15-17-19-21-22-23-24-25-27-31-35-39-43-47-51-57(62)56(55-61)60-58(63)52-48-44-40-36-32-29-30-34-38-42-46-50-54-65-59(64)53-49-45-41-37-33-28-26-20-18-16-14-12-10-8-6-4-2/h30,34,56-57,61-62H,3-29,31-33,35-55H2,1-2H3,(H,60,63)/b34-30-. The van der Waals surface area contributed by atoms with Crippen molar-refractivity contribution < 1.29 is 24.5 Å². The molecule has 65 heavy (non-hydrogen) atoms. The first-order valence-electron chi connectivity index (χ1n) is 29.4. The highest BCUT2D eigenvalue weighted by Gasteiger charge is 2.20. The molecule has 0 bridgehead atoms. The third-order valence-electron chi connectivity index (χ3n) is 13.8. The van der Waals surface area contributed by atoms with Crippen LogP contribution in [-0.4, -0.2) is 47.4 Å². The van der Waals surface area contributed by atoms with Crippen molar-refractivity contribution in [1.29, 1.82) is 0 Å². The van der Waals surface area contributed by atoms with E-state index in [4.69, 9.17) is 4.74 Å². The zero-order chi connectivity index (χ0) is 47.2. The third-order valence-corrected chi connectivity index (χ3v) is 13.8. The van der Waals surface area contributed by atoms with Crippen LogP contribution in [0.5, 0.6) is 0 Å². The fraction of sp³-hybridized carbons (Fsp3) is 0.932. The third kappa shape index (κ3) is 51.8. The molecular weight excluding hydrogens is 803 g/mol. The topological polar surface area (TPSA) is 95.9 Å². The largest absolute Gasteiger partial charge is 0.466 e. The Morgan fingerprint density at radius 1 is 0.415 bits per heavy atom. The Morgan fingerprint density at radius 3 is 1.09 bits per heavy atom. The first kappa shape index (κ1) is 63.6. The van der Waals surface area contributed by atoms with Gasteiger partial charge < -0.3 is 20.3 Å². The minimum Gasteiger partial charge on any atom is -0.466 e. The summed E-state index contributed by atoms with van der Waals surface area (Å²) in [5, 5.41) is 23.3. The summed E-state index contributed by atoms with van der Waals surface area (Å²) in [6.07, 6.45) is 64.9. The molecule has 0 heterocycles. The van der Waals surface area contributed by atoms with Crippen LogP contribution in [0.3, 0.4) is 0 Å². The molecule has 0 aliphatic carbocycles. The monoisotopic (exact) mass is 918 g/mol. The number of amides is 1. The van der Waals surface area contributed by atoms with E-state index in [0.29, 0.717) is 25.9 Å². The molecule has 2 unspecified atom stereocenters. The molecule has 0 spiro atoms. The van der Waals surface area contributed by atoms with Crippen LogP contribution in [0.4, 0.5) is 0 Å². The summed E-state index contributed by atoms with van der Waals surface area (Å²) >= 11 is 0. The van der Waals surface area contributed by atoms with Gasteiger partial charge in [-0.3, -0.25) is 9.59 Å². The summed E-state index contributed by atoms with van der Waals surface area (Å²) in [4.78, 5) is 24.6. The van der Waals surface area contributed by atoms with Crippen LogP contribution in [0.15, 0.2) is 12.2 Å². The van der Waals surface area contributed by atoms with Gasteiger partial charge in [0.15, 0.2) is 0 Å². The number of esters is 1. The molecule has 0 aromatic carbocycles. The highest BCUT2D eigenvalue weighted by Crippen LogP contribution is 2.18. The number of rotatable bonds is 55. The minimum atomic E-state index is -0.680. The molecule has 6 heteroatoms. The van der Waals surface area contributed by atoms with Gasteiger partial charge in [-0.1, -0.05) is 270 Å². The Morgan fingerprint density at radius 2 is 0.723 bits per heavy atom. The van der Waals surface area contributed by atoms with Crippen molar-refractivity contribution in [3.63, 3.8) is 0 Å². The van der Waals surface area contributed by atoms with Crippen LogP contribution >= 0.6 is 0 Å². The second-order valence-electron chi connectivity index (χ2n) is 20.3. The summed E-state index contributed by atoms with van der Waals surface area (Å²) in [5.41, 5.74) is 0. The van der Waals surface area contributed by atoms with Gasteiger partial charge in [0.2, 0.25) is 5.91 Å². The zero-order valence-corrected chi connectivity index (χ0v) is 44.0. The van der Waals surface area contributed by atoms with Gasteiger partial charge in [0.05, 0.1) is 25.4 Å². The van der Waals surface area contributed by atoms with Crippen LogP contribution in [0.1, 0.15) is 328 Å². The SMILES string of the molecule is CCCCCCCCCCCCCCCCCCCCCCC(O)C(CO)NC(=O)CCCCCCC/C=C\CCCCCOC(=O)CCCCCCCCCCCCCCCCCC. The van der Waals surface area contributed by atoms with Crippen molar-refractivity contribution in [2.75, 3.05) is 13.2 Å². The van der Waals surface area contributed by atoms with Crippen molar-refractivity contribution >= 4 is 11.9 Å². The lowest BCUT2D eigenvalue weighted by Crippen LogP contribution is -2.45. The Labute approximate surface area is 406 Å². The van der Waals surface area contributed by atoms with Crippen molar-refractivity contribution in [1.82, 2.24) is 5.32 Å². The molecular formula is C59H115NO5. The molecule has 2 atom stereocenters. The number of ether oxygens (including phenoxy) is 1. The van der Waals surface area contributed by atoms with Crippen LogP contribution in [0.2, 0.25) is 0 Å². The van der Waals surface area contributed by atoms with Crippen molar-refractivity contribution in [3.8, 4) is 0 Å². The van der Waals surface area contributed by atoms with Crippen LogP contribution in [-0.2, 0) is 14.3 Å². The lowest BCUT2D eigenvalue weighted by molar-refractivity contribution is -0.143. The van der Waals surface area contributed by atoms with Gasteiger partial charge in [0.25, 0.3) is 0 Å². The molecule has 3 N–H and O–H groups in total. The molecule has 0 aliphatic rings. The van der Waals surface area contributed by atoms with E-state index >= 15 is 0 Å². The van der Waals surface area contributed by atoms with Crippen LogP contribution in [0, 0.1) is 0 Å². The van der Waals surface area contributed by atoms with E-state index in [0.717, 1.165) is 77.0 Å². The fourth-order valence-electron chi connectivity index (χ4n) is 9.28. The minimum absolute atomic E-state index is 0.0183. The molecule has 386 valence electrons. The predicted molar refractivity (Wildman–Crippen MR) is 283 cm³/mol. The van der Waals surface area contributed by atoms with Gasteiger partial charge in [-0.15, -0.1) is 0 Å². The fourth-order valence-corrected chi connectivity index (χ4v) is 9.28. The van der Waals surface area contributed by atoms with Gasteiger partial charge in [0.1, 0.15) is 0 Å². The Bertz CT molecular complexity index is 970. The molecule has 0 saturated carbocycles. The van der Waals surface area contributed by atoms with Gasteiger partial charge in [-0.2, -0.15) is 0 Å². The Kier molecular flexibility index (Phi) is 54.0. The predicted octanol–water partition coefficient (Wildman–Crippen LogP) is 18.1. The second-order valence-corrected chi connectivity index (χ2v) is 20.3. The second kappa shape index (κ2) is 55.2. The van der Waals surface area contributed by atoms with Gasteiger partial charge in [-0.25, -0.2) is 0 Å². The zero-order valence-electron chi connectivity index (χ0n) is 44.0. The average molecular weight is 919 g/mol. The van der Waals surface area contributed by atoms with Crippen molar-refractivity contribution in [3.05, 3.63) is 12.2 Å². The summed E-state index contributed by atoms with van der Waals surface area (Å²) in [7, 11) is 0. The highest BCUT2D eigenvalue weighted by atomic mass is 16.5. The highest BCUT2D eigenvalue weighted by molar-refractivity contribution is 5.76. The molecule has 0 aromatic heterocycles. The quantitative estimate of drug-likeness (QED) is 0.0321. The van der Waals surface area contributed by atoms with E-state index in [2.05, 4.69) is 31.3 Å². The van der Waals surface area contributed by atoms with Crippen molar-refractivity contribution in [2.24, 2.45) is 0 Å². The number of allylic oxidation sites excluding steroid dienone is 2. The van der Waals surface area contributed by atoms with Crippen LogP contribution in [0.25, 0.3) is 0 Å². The Hall–Kier alpha value is -1.40. The number of unbranched alkanes of at least 4 members (excludes halogenated alkanes) is 42. The van der Waals surface area contributed by atoms with E-state index in [-0.39, 0.29) is 18.5 Å². The number of hydrogen-bond donors (Lipinski definition) is 3. The molecule has 0 aliphatic heterocycles. The van der Waals surface area contributed by atoms with Gasteiger partial charge in [-0.05, 0) is 57.8 Å². The smallest absolute Gasteiger partial charge is 0.305 e. The average Bonchev–Trinajstić information content (AvgIpc) is 3.31. The van der Waals surface area contributed by atoms with Gasteiger partial charge >= 0.3 is 5.97 Å². The molecule has 0 aromatic rings. The molecule has 6 nitrogen and oxygen atoms in total. The molecule has 0 radical (unpaired) electrons. The number of nitrogens with one attached hydrogen (secondary N) is 1. The maximum atomic E-state index is 12.5. The van der Waals surface area contributed by atoms with E-state index in [1.165, 1.54) is 218 Å². The number of carbonyl (C=O) groups is 2. The summed E-state index contributed by atoms with van der Waals surface area (Å²) in [6, 6.07) is -0.560. The van der Waals surface area contributed by atoms with Gasteiger partial charge in [0, 0.05) is 12.8 Å². The number of hydrogen-bond acceptors (Lipinski definition) is 5. The Balaban J connectivity index is 3.47. The molecule has 0 fully saturated rings. The maximum Gasteiger partial charge on any atom is 0.305 e. The molecule has 0 rings (SSSR count). The van der Waals surface area contributed by atoms with Crippen molar-refractivity contribution in [2.45, 2.75) is 341 Å². The number of aliphatic hydroxyl groups is 2. The number of aliphatic hydroxyl groups excluding tert-OH is 2. The van der Waals surface area contributed by atoms with E-state index in [9.17, 15) is 19.8 Å². The van der Waals surface area contributed by atoms with E-state index in [1.54, 1.807) is 0 Å². The van der Waals surface area contributed by atoms with E-state index in [1.807, 2.05) is 0 Å². The first-order chi connectivity index (χ1) is 32.0.